The third kappa shape index (κ3) is 13.5. The fourth-order valence-corrected chi connectivity index (χ4v) is 2.53. The van der Waals surface area contributed by atoms with Crippen LogP contribution in [0.2, 0.25) is 0 Å². The summed E-state index contributed by atoms with van der Waals surface area (Å²) in [7, 11) is 0. The fraction of sp³-hybridized carbons (Fsp3) is 0.520. The Kier molecular flexibility index (Phi) is 24.0. The van der Waals surface area contributed by atoms with Crippen molar-refractivity contribution in [2.45, 2.75) is 88.0 Å². The first kappa shape index (κ1) is 31.0. The summed E-state index contributed by atoms with van der Waals surface area (Å²) < 4.78 is 0. The Labute approximate surface area is 180 Å². The summed E-state index contributed by atoms with van der Waals surface area (Å²) in [5, 5.41) is 0.660. The van der Waals surface area contributed by atoms with Gasteiger partial charge in [0.05, 0.1) is 0 Å². The van der Waals surface area contributed by atoms with Crippen molar-refractivity contribution in [2.24, 2.45) is 4.99 Å². The quantitative estimate of drug-likeness (QED) is 0.251. The lowest BCUT2D eigenvalue weighted by Gasteiger charge is -2.12. The molecule has 1 rings (SSSR count). The van der Waals surface area contributed by atoms with E-state index in [9.17, 15) is 0 Å². The van der Waals surface area contributed by atoms with Crippen molar-refractivity contribution in [3.63, 3.8) is 0 Å². The maximum absolute atomic E-state index is 6.06. The number of allylic oxidation sites excluding steroid dienone is 5. The van der Waals surface area contributed by atoms with Crippen LogP contribution in [0.5, 0.6) is 0 Å². The van der Waals surface area contributed by atoms with Crippen LogP contribution >= 0.6 is 11.6 Å². The summed E-state index contributed by atoms with van der Waals surface area (Å²) >= 11 is 6.06. The molecule has 0 amide bonds. The molecule has 1 aromatic heterocycles. The zero-order valence-electron chi connectivity index (χ0n) is 19.9. The van der Waals surface area contributed by atoms with E-state index in [4.69, 9.17) is 11.6 Å². The fourth-order valence-electron chi connectivity index (χ4n) is 2.25. The number of pyridine rings is 1. The molecule has 160 valence electrons. The highest BCUT2D eigenvalue weighted by Crippen LogP contribution is 2.26. The first-order chi connectivity index (χ1) is 13.5. The molecule has 0 saturated carbocycles. The first-order valence-corrected chi connectivity index (χ1v) is 11.0. The van der Waals surface area contributed by atoms with Crippen molar-refractivity contribution in [1.29, 1.82) is 0 Å². The van der Waals surface area contributed by atoms with Gasteiger partial charge in [0.15, 0.2) is 5.82 Å². The summed E-state index contributed by atoms with van der Waals surface area (Å²) in [4.78, 5) is 9.03. The Bertz CT molecular complexity index is 599. The molecule has 0 aliphatic heterocycles. The van der Waals surface area contributed by atoms with Crippen molar-refractivity contribution in [2.75, 3.05) is 0 Å². The molecule has 0 aliphatic rings. The van der Waals surface area contributed by atoms with Gasteiger partial charge in [0.25, 0.3) is 0 Å². The molecule has 0 N–H and O–H groups in total. The first-order valence-electron chi connectivity index (χ1n) is 10.7. The SMILES string of the molecule is C=CC(CCC)c1cnc(N=C(C)/C=C(Cl)\C=C/C)c(C)c1.CC.CC.CC. The zero-order chi connectivity index (χ0) is 22.5. The third-order valence-corrected chi connectivity index (χ3v) is 3.57. The van der Waals surface area contributed by atoms with Gasteiger partial charge in [0.1, 0.15) is 0 Å². The minimum Gasteiger partial charge on any atom is -0.237 e. The number of aliphatic imine (C=N–C) groups is 1. The van der Waals surface area contributed by atoms with Crippen molar-refractivity contribution in [1.82, 2.24) is 4.98 Å². The predicted octanol–water partition coefficient (Wildman–Crippen LogP) is 9.33. The van der Waals surface area contributed by atoms with E-state index in [1.165, 1.54) is 5.56 Å². The molecule has 28 heavy (non-hydrogen) atoms. The molecule has 3 heteroatoms. The van der Waals surface area contributed by atoms with Gasteiger partial charge >= 0.3 is 0 Å². The average Bonchev–Trinajstić information content (AvgIpc) is 2.72. The van der Waals surface area contributed by atoms with Crippen LogP contribution in [0.4, 0.5) is 5.82 Å². The molecule has 0 fully saturated rings. The second-order valence-corrected chi connectivity index (χ2v) is 5.76. The molecule has 1 aromatic rings. The predicted molar refractivity (Wildman–Crippen MR) is 132 cm³/mol. The van der Waals surface area contributed by atoms with E-state index in [1.54, 1.807) is 0 Å². The summed E-state index contributed by atoms with van der Waals surface area (Å²) in [6, 6.07) is 2.15. The van der Waals surface area contributed by atoms with E-state index >= 15 is 0 Å². The minimum absolute atomic E-state index is 0.361. The van der Waals surface area contributed by atoms with E-state index in [0.717, 1.165) is 29.9 Å². The molecule has 2 nitrogen and oxygen atoms in total. The summed E-state index contributed by atoms with van der Waals surface area (Å²) in [6.45, 7) is 24.0. The number of hydrogen-bond donors (Lipinski definition) is 0. The standard InChI is InChI=1S/C19H25ClN2.3C2H6/c1-6-9-16(8-3)17-11-14(4)19(21-13-17)22-15(5)12-18(20)10-7-2;3*1-2/h7-8,10-13,16H,3,6,9H2,1-2,4-5H3;3*1-2H3/b10-7-,18-12+,22-15?;;;. The van der Waals surface area contributed by atoms with Crippen LogP contribution in [0.3, 0.4) is 0 Å². The Morgan fingerprint density at radius 1 is 1.21 bits per heavy atom. The van der Waals surface area contributed by atoms with Gasteiger partial charge in [-0.15, -0.1) is 6.58 Å². The van der Waals surface area contributed by atoms with Crippen LogP contribution in [0.1, 0.15) is 92.2 Å². The number of halogens is 1. The number of hydrogen-bond acceptors (Lipinski definition) is 2. The molecule has 0 aromatic carbocycles. The van der Waals surface area contributed by atoms with Gasteiger partial charge in [-0.3, -0.25) is 0 Å². The smallest absolute Gasteiger partial charge is 0.154 e. The van der Waals surface area contributed by atoms with Crippen molar-refractivity contribution >= 4 is 23.1 Å². The van der Waals surface area contributed by atoms with E-state index in [2.05, 4.69) is 29.5 Å². The summed E-state index contributed by atoms with van der Waals surface area (Å²) in [5.41, 5.74) is 3.10. The Morgan fingerprint density at radius 3 is 2.21 bits per heavy atom. The minimum atomic E-state index is 0.361. The molecule has 0 saturated heterocycles. The number of aryl methyl sites for hydroxylation is 1. The van der Waals surface area contributed by atoms with Gasteiger partial charge in [0.2, 0.25) is 0 Å². The molecule has 0 spiro atoms. The number of rotatable bonds is 7. The van der Waals surface area contributed by atoms with Crippen molar-refractivity contribution < 1.29 is 0 Å². The molecule has 1 heterocycles. The molecule has 0 bridgehead atoms. The van der Waals surface area contributed by atoms with Gasteiger partial charge in [-0.25, -0.2) is 9.98 Å². The van der Waals surface area contributed by atoms with Gasteiger partial charge in [-0.1, -0.05) is 84.7 Å². The Morgan fingerprint density at radius 2 is 1.79 bits per heavy atom. The Hall–Kier alpha value is -1.67. The van der Waals surface area contributed by atoms with Crippen molar-refractivity contribution in [3.05, 3.63) is 59.3 Å². The van der Waals surface area contributed by atoms with Gasteiger partial charge in [0, 0.05) is 22.9 Å². The summed E-state index contributed by atoms with van der Waals surface area (Å²) in [6.07, 6.45) is 11.7. The molecule has 1 atom stereocenters. The van der Waals surface area contributed by atoms with Gasteiger partial charge in [-0.2, -0.15) is 0 Å². The molecular formula is C25H43ClN2. The summed E-state index contributed by atoms with van der Waals surface area (Å²) in [5.74, 6) is 1.10. The van der Waals surface area contributed by atoms with Crippen LogP contribution in [-0.4, -0.2) is 10.7 Å². The van der Waals surface area contributed by atoms with Crippen LogP contribution in [0, 0.1) is 6.92 Å². The topological polar surface area (TPSA) is 25.2 Å². The maximum Gasteiger partial charge on any atom is 0.154 e. The van der Waals surface area contributed by atoms with E-state index in [0.29, 0.717) is 11.0 Å². The highest BCUT2D eigenvalue weighted by Gasteiger charge is 2.09. The molecule has 0 aliphatic carbocycles. The van der Waals surface area contributed by atoms with Gasteiger partial charge < -0.3 is 0 Å². The molecule has 1 unspecified atom stereocenters. The average molecular weight is 407 g/mol. The monoisotopic (exact) mass is 406 g/mol. The normalized spacial score (nSPS) is 12.0. The largest absolute Gasteiger partial charge is 0.237 e. The van der Waals surface area contributed by atoms with Crippen LogP contribution in [0.15, 0.2) is 53.2 Å². The van der Waals surface area contributed by atoms with Crippen LogP contribution < -0.4 is 0 Å². The van der Waals surface area contributed by atoms with Crippen LogP contribution in [0.25, 0.3) is 0 Å². The highest BCUT2D eigenvalue weighted by atomic mass is 35.5. The van der Waals surface area contributed by atoms with E-state index < -0.39 is 0 Å². The van der Waals surface area contributed by atoms with Crippen LogP contribution in [-0.2, 0) is 0 Å². The zero-order valence-corrected chi connectivity index (χ0v) is 20.7. The van der Waals surface area contributed by atoms with Crippen molar-refractivity contribution in [3.8, 4) is 0 Å². The highest BCUT2D eigenvalue weighted by molar-refractivity contribution is 6.32. The lowest BCUT2D eigenvalue weighted by atomic mass is 9.95. The second-order valence-electron chi connectivity index (χ2n) is 5.32. The number of nitrogens with zero attached hydrogens (tertiary/aromatic N) is 2. The second kappa shape index (κ2) is 21.6. The number of aromatic nitrogens is 1. The molecule has 0 radical (unpaired) electrons. The maximum atomic E-state index is 6.06. The molecular weight excluding hydrogens is 364 g/mol. The lowest BCUT2D eigenvalue weighted by molar-refractivity contribution is 0.715. The third-order valence-electron chi connectivity index (χ3n) is 3.34. The lowest BCUT2D eigenvalue weighted by Crippen LogP contribution is -1.97. The van der Waals surface area contributed by atoms with E-state index in [-0.39, 0.29) is 0 Å². The van der Waals surface area contributed by atoms with Gasteiger partial charge in [-0.05, 0) is 50.5 Å². The van der Waals surface area contributed by atoms with E-state index in [1.807, 2.05) is 92.8 Å². The Balaban J connectivity index is -0.000000946.